The van der Waals surface area contributed by atoms with Gasteiger partial charge in [-0.2, -0.15) is 0 Å². The highest BCUT2D eigenvalue weighted by molar-refractivity contribution is 5.69. The molecular weight excluding hydrogens is 468 g/mol. The van der Waals surface area contributed by atoms with E-state index in [1.807, 2.05) is 0 Å². The van der Waals surface area contributed by atoms with Gasteiger partial charge < -0.3 is 24.9 Å². The van der Waals surface area contributed by atoms with Gasteiger partial charge in [0, 0.05) is 12.4 Å². The van der Waals surface area contributed by atoms with Gasteiger partial charge in [-0.15, -0.1) is 0 Å². The molecule has 0 saturated heterocycles. The second kappa shape index (κ2) is 32.9. The highest BCUT2D eigenvalue weighted by Gasteiger charge is 2.07. The largest absolute Gasteiger partial charge is 0.550 e. The van der Waals surface area contributed by atoms with Gasteiger partial charge in [0.15, 0.2) is 0 Å². The van der Waals surface area contributed by atoms with E-state index >= 15 is 0 Å². The van der Waals surface area contributed by atoms with Crippen molar-refractivity contribution in [2.24, 2.45) is 0 Å². The van der Waals surface area contributed by atoms with Gasteiger partial charge in [0.05, 0.1) is 6.61 Å². The van der Waals surface area contributed by atoms with E-state index in [4.69, 9.17) is 14.9 Å². The van der Waals surface area contributed by atoms with Crippen LogP contribution < -0.4 is 5.11 Å². The lowest BCUT2D eigenvalue weighted by molar-refractivity contribution is -0.305. The maximum Gasteiger partial charge on any atom is 0.305 e. The van der Waals surface area contributed by atoms with Crippen molar-refractivity contribution in [3.05, 3.63) is 0 Å². The average Bonchev–Trinajstić information content (AvgIpc) is 2.89. The monoisotopic (exact) mass is 529 g/mol. The topological polar surface area (TPSA) is 107 Å². The molecule has 0 aromatic rings. The van der Waals surface area contributed by atoms with Crippen LogP contribution in [0.1, 0.15) is 168 Å². The second-order valence-electron chi connectivity index (χ2n) is 10.5. The van der Waals surface area contributed by atoms with Crippen molar-refractivity contribution in [3.8, 4) is 0 Å². The third kappa shape index (κ3) is 37.1. The van der Waals surface area contributed by atoms with Gasteiger partial charge in [-0.05, 0) is 19.3 Å². The third-order valence-corrected chi connectivity index (χ3v) is 6.62. The molecule has 0 aromatic heterocycles. The minimum Gasteiger partial charge on any atom is -0.550 e. The van der Waals surface area contributed by atoms with Crippen LogP contribution in [0, 0.1) is 0 Å². The number of carbonyl (C=O) groups is 2. The van der Waals surface area contributed by atoms with E-state index in [1.165, 1.54) is 116 Å². The highest BCUT2D eigenvalue weighted by Crippen LogP contribution is 2.13. The van der Waals surface area contributed by atoms with Crippen molar-refractivity contribution >= 4 is 11.9 Å². The third-order valence-electron chi connectivity index (χ3n) is 6.62. The zero-order valence-electron chi connectivity index (χ0n) is 24.5. The molecule has 0 bridgehead atoms. The van der Waals surface area contributed by atoms with Gasteiger partial charge in [0.25, 0.3) is 0 Å². The van der Waals surface area contributed by atoms with E-state index in [9.17, 15) is 14.7 Å². The van der Waals surface area contributed by atoms with E-state index in [-0.39, 0.29) is 25.6 Å². The summed E-state index contributed by atoms with van der Waals surface area (Å²) >= 11 is 0. The van der Waals surface area contributed by atoms with Crippen LogP contribution in [0.5, 0.6) is 0 Å². The first-order valence-corrected chi connectivity index (χ1v) is 15.6. The normalized spacial score (nSPS) is 11.6. The lowest BCUT2D eigenvalue weighted by atomic mass is 10.1. The number of esters is 1. The Kier molecular flexibility index (Phi) is 33.8. The molecule has 0 aliphatic heterocycles. The molecule has 0 radical (unpaired) electrons. The number of carboxylic acids is 1. The van der Waals surface area contributed by atoms with Gasteiger partial charge >= 0.3 is 5.97 Å². The molecule has 0 fully saturated rings. The first-order valence-electron chi connectivity index (χ1n) is 15.6. The molecular formula is C31H61O6-. The molecule has 1 unspecified atom stereocenters. The smallest absolute Gasteiger partial charge is 0.305 e. The second-order valence-corrected chi connectivity index (χ2v) is 10.5. The summed E-state index contributed by atoms with van der Waals surface area (Å²) in [6, 6.07) is 0. The number of carboxylic acid groups (broad SMARTS) is 1. The van der Waals surface area contributed by atoms with Gasteiger partial charge in [-0.1, -0.05) is 142 Å². The lowest BCUT2D eigenvalue weighted by Gasteiger charge is -2.08. The maximum absolute atomic E-state index is 11.3. The average molecular weight is 530 g/mol. The van der Waals surface area contributed by atoms with Crippen LogP contribution in [0.3, 0.4) is 0 Å². The molecule has 0 aromatic carbocycles. The molecule has 6 nitrogen and oxygen atoms in total. The summed E-state index contributed by atoms with van der Waals surface area (Å²) in [5.74, 6) is -1.19. The predicted molar refractivity (Wildman–Crippen MR) is 151 cm³/mol. The number of ether oxygens (including phenoxy) is 1. The van der Waals surface area contributed by atoms with Crippen LogP contribution in [0.15, 0.2) is 0 Å². The number of rotatable bonds is 27. The number of hydrogen-bond donors (Lipinski definition) is 2. The minimum absolute atomic E-state index is 0.104. The fourth-order valence-corrected chi connectivity index (χ4v) is 4.18. The van der Waals surface area contributed by atoms with Crippen molar-refractivity contribution in [2.45, 2.75) is 174 Å². The Balaban J connectivity index is 0. The van der Waals surface area contributed by atoms with Crippen LogP contribution in [0.2, 0.25) is 0 Å². The molecule has 0 rings (SSSR count). The highest BCUT2D eigenvalue weighted by atomic mass is 16.5. The Labute approximate surface area is 229 Å². The summed E-state index contributed by atoms with van der Waals surface area (Å²) < 4.78 is 4.84. The van der Waals surface area contributed by atoms with Gasteiger partial charge in [0.1, 0.15) is 12.7 Å². The molecule has 37 heavy (non-hydrogen) atoms. The quantitative estimate of drug-likeness (QED) is 0.0874. The molecule has 1 atom stereocenters. The zero-order valence-corrected chi connectivity index (χ0v) is 24.5. The Morgan fingerprint density at radius 2 is 0.919 bits per heavy atom. The fourth-order valence-electron chi connectivity index (χ4n) is 4.18. The predicted octanol–water partition coefficient (Wildman–Crippen LogP) is 7.02. The van der Waals surface area contributed by atoms with Crippen molar-refractivity contribution in [1.29, 1.82) is 0 Å². The maximum atomic E-state index is 11.3. The number of aliphatic carboxylic acids is 1. The standard InChI is InChI=1S/C17H34O4.C14H28O2/c1-2-3-4-5-6-7-8-9-10-11-12-13-17(20)21-15-16(19)14-18;1-2-3-4-5-6-7-8-9-10-11-12-13-14(15)16/h16,18-19H,2-15H2,1H3;2-13H2,1H3,(H,15,16)/p-1. The van der Waals surface area contributed by atoms with Crippen LogP contribution in [-0.2, 0) is 14.3 Å². The van der Waals surface area contributed by atoms with E-state index in [0.717, 1.165) is 25.7 Å². The summed E-state index contributed by atoms with van der Waals surface area (Å²) in [6.45, 7) is 4.01. The SMILES string of the molecule is CCCCCCCCCCCCCC(=O)OCC(O)CO.CCCCCCCCCCCCCC(=O)[O-]. The molecule has 0 saturated carbocycles. The number of aliphatic hydroxyl groups excluding tert-OH is 2. The summed E-state index contributed by atoms with van der Waals surface area (Å²) in [5.41, 5.74) is 0. The van der Waals surface area contributed by atoms with Crippen LogP contribution >= 0.6 is 0 Å². The van der Waals surface area contributed by atoms with Crippen molar-refractivity contribution in [1.82, 2.24) is 0 Å². The van der Waals surface area contributed by atoms with Crippen LogP contribution in [0.4, 0.5) is 0 Å². The van der Waals surface area contributed by atoms with Crippen LogP contribution in [0.25, 0.3) is 0 Å². The number of hydrogen-bond acceptors (Lipinski definition) is 6. The van der Waals surface area contributed by atoms with E-state index in [0.29, 0.717) is 6.42 Å². The van der Waals surface area contributed by atoms with Crippen LogP contribution in [-0.4, -0.2) is 41.5 Å². The molecule has 0 aliphatic rings. The summed E-state index contributed by atoms with van der Waals surface area (Å²) in [5, 5.41) is 27.8. The Morgan fingerprint density at radius 3 is 1.24 bits per heavy atom. The molecule has 0 heterocycles. The number of unbranched alkanes of at least 4 members (excludes halogenated alkanes) is 20. The summed E-state index contributed by atoms with van der Waals surface area (Å²) in [4.78, 5) is 21.5. The van der Waals surface area contributed by atoms with Crippen molar-refractivity contribution in [3.63, 3.8) is 0 Å². The number of aliphatic hydroxyl groups is 2. The van der Waals surface area contributed by atoms with Gasteiger partial charge in [-0.25, -0.2) is 0 Å². The van der Waals surface area contributed by atoms with Gasteiger partial charge in [-0.3, -0.25) is 4.79 Å². The Hall–Kier alpha value is -1.14. The van der Waals surface area contributed by atoms with E-state index in [2.05, 4.69) is 13.8 Å². The molecule has 6 heteroatoms. The van der Waals surface area contributed by atoms with E-state index < -0.39 is 12.1 Å². The minimum atomic E-state index is -0.953. The molecule has 0 amide bonds. The molecule has 0 spiro atoms. The molecule has 2 N–H and O–H groups in total. The van der Waals surface area contributed by atoms with Gasteiger partial charge in [0.2, 0.25) is 0 Å². The number of carbonyl (C=O) groups excluding carboxylic acids is 2. The zero-order chi connectivity index (χ0) is 27.8. The Bertz CT molecular complexity index is 469. The fraction of sp³-hybridized carbons (Fsp3) is 0.935. The van der Waals surface area contributed by atoms with E-state index in [1.54, 1.807) is 0 Å². The summed E-state index contributed by atoms with van der Waals surface area (Å²) in [6.07, 6.45) is 27.3. The first-order chi connectivity index (χ1) is 18.0. The Morgan fingerprint density at radius 1 is 0.595 bits per heavy atom. The van der Waals surface area contributed by atoms with Crippen molar-refractivity contribution in [2.75, 3.05) is 13.2 Å². The summed E-state index contributed by atoms with van der Waals surface area (Å²) in [7, 11) is 0. The molecule has 0 aliphatic carbocycles. The first kappa shape index (κ1) is 38.0. The molecule has 222 valence electrons. The lowest BCUT2D eigenvalue weighted by Crippen LogP contribution is -2.21. The van der Waals surface area contributed by atoms with Crippen molar-refractivity contribution < 1.29 is 29.6 Å².